The molecule has 0 fully saturated rings. The quantitative estimate of drug-likeness (QED) is 0.742. The zero-order valence-electron chi connectivity index (χ0n) is 14.3. The lowest BCUT2D eigenvalue weighted by molar-refractivity contribution is 0.0709. The molecule has 1 aromatic carbocycles. The Morgan fingerprint density at radius 2 is 2.12 bits per heavy atom. The van der Waals surface area contributed by atoms with E-state index in [2.05, 4.69) is 10.1 Å². The van der Waals surface area contributed by atoms with Crippen LogP contribution in [0.15, 0.2) is 30.5 Å². The molecule has 1 aliphatic heterocycles. The highest BCUT2D eigenvalue weighted by atomic mass is 35.5. The van der Waals surface area contributed by atoms with Crippen LogP contribution in [0.25, 0.3) is 0 Å². The molecule has 0 aliphatic carbocycles. The summed E-state index contributed by atoms with van der Waals surface area (Å²) in [5.74, 6) is -0.0174. The zero-order chi connectivity index (χ0) is 18.4. The number of carbonyl (C=O) groups excluding carboxylic acids is 1. The summed E-state index contributed by atoms with van der Waals surface area (Å²) in [7, 11) is 1.85. The first-order valence-corrected chi connectivity index (χ1v) is 9.36. The molecule has 1 amide bonds. The molecule has 1 unspecified atom stereocenters. The molecule has 4 rings (SSSR count). The summed E-state index contributed by atoms with van der Waals surface area (Å²) in [4.78, 5) is 19.8. The second kappa shape index (κ2) is 6.41. The van der Waals surface area contributed by atoms with Crippen LogP contribution in [-0.4, -0.2) is 30.7 Å². The number of amides is 1. The fourth-order valence-corrected chi connectivity index (χ4v) is 4.45. The number of fused-ring (bicyclic) bond motifs is 1. The number of nitrogens with zero attached hydrogens (tertiary/aromatic N) is 4. The van der Waals surface area contributed by atoms with Crippen molar-refractivity contribution in [3.05, 3.63) is 62.9 Å². The predicted molar refractivity (Wildman–Crippen MR) is 99.5 cm³/mol. The minimum absolute atomic E-state index is 0.0174. The Labute approximate surface area is 159 Å². The van der Waals surface area contributed by atoms with Gasteiger partial charge in [0, 0.05) is 19.0 Å². The van der Waals surface area contributed by atoms with Crippen LogP contribution in [0.2, 0.25) is 5.02 Å². The summed E-state index contributed by atoms with van der Waals surface area (Å²) in [5, 5.41) is 14.5. The minimum Gasteiger partial charge on any atom is -0.486 e. The molecule has 26 heavy (non-hydrogen) atoms. The molecule has 0 bridgehead atoms. The molecule has 2 aromatic heterocycles. The molecule has 3 aromatic rings. The molecular formula is C18H17ClN4O2S. The van der Waals surface area contributed by atoms with Crippen LogP contribution in [0.3, 0.4) is 0 Å². The van der Waals surface area contributed by atoms with Crippen molar-refractivity contribution in [1.29, 1.82) is 0 Å². The van der Waals surface area contributed by atoms with Gasteiger partial charge in [-0.05, 0) is 18.6 Å². The van der Waals surface area contributed by atoms with Crippen LogP contribution in [0.4, 0.5) is 0 Å². The summed E-state index contributed by atoms with van der Waals surface area (Å²) in [6.07, 6.45) is 2.19. The van der Waals surface area contributed by atoms with E-state index in [4.69, 9.17) is 11.6 Å². The summed E-state index contributed by atoms with van der Waals surface area (Å²) >= 11 is 7.50. The summed E-state index contributed by atoms with van der Waals surface area (Å²) in [5.41, 5.74) is 3.33. The Hall–Kier alpha value is -2.38. The number of aromatic hydroxyl groups is 1. The van der Waals surface area contributed by atoms with Gasteiger partial charge < -0.3 is 10.0 Å². The van der Waals surface area contributed by atoms with Gasteiger partial charge in [0.2, 0.25) is 0 Å². The topological polar surface area (TPSA) is 71.2 Å². The van der Waals surface area contributed by atoms with Crippen molar-refractivity contribution < 1.29 is 9.90 Å². The number of benzene rings is 1. The summed E-state index contributed by atoms with van der Waals surface area (Å²) < 4.78 is 1.75. The predicted octanol–water partition coefficient (Wildman–Crippen LogP) is 3.48. The first-order chi connectivity index (χ1) is 12.5. The van der Waals surface area contributed by atoms with E-state index in [9.17, 15) is 9.90 Å². The fourth-order valence-electron chi connectivity index (χ4n) is 3.41. The van der Waals surface area contributed by atoms with Crippen molar-refractivity contribution in [3.8, 4) is 5.19 Å². The van der Waals surface area contributed by atoms with Crippen LogP contribution < -0.4 is 0 Å². The molecular weight excluding hydrogens is 372 g/mol. The molecule has 0 radical (unpaired) electrons. The molecule has 1 N–H and O–H groups in total. The Morgan fingerprint density at radius 1 is 1.35 bits per heavy atom. The van der Waals surface area contributed by atoms with Gasteiger partial charge in [-0.25, -0.2) is 4.98 Å². The lowest BCUT2D eigenvalue weighted by Crippen LogP contribution is -2.29. The van der Waals surface area contributed by atoms with Crippen LogP contribution >= 0.6 is 22.9 Å². The SMILES string of the molecule is Cc1nc(O)sc1CN1C(=O)c2ccccc2C1Cc1c(Cl)cnn1C. The number of carbonyl (C=O) groups is 1. The summed E-state index contributed by atoms with van der Waals surface area (Å²) in [6, 6.07) is 7.51. The second-order valence-corrected chi connectivity index (χ2v) is 7.78. The van der Waals surface area contributed by atoms with Crippen LogP contribution in [0, 0.1) is 6.92 Å². The van der Waals surface area contributed by atoms with Gasteiger partial charge in [0.15, 0.2) is 0 Å². The van der Waals surface area contributed by atoms with Crippen molar-refractivity contribution >= 4 is 28.8 Å². The summed E-state index contributed by atoms with van der Waals surface area (Å²) in [6.45, 7) is 2.24. The monoisotopic (exact) mass is 388 g/mol. The Kier molecular flexibility index (Phi) is 4.20. The third-order valence-corrected chi connectivity index (χ3v) is 6.04. The number of halogens is 1. The van der Waals surface area contributed by atoms with Gasteiger partial charge in [-0.1, -0.05) is 41.1 Å². The van der Waals surface area contributed by atoms with E-state index < -0.39 is 0 Å². The molecule has 1 aliphatic rings. The Morgan fingerprint density at radius 3 is 2.77 bits per heavy atom. The maximum absolute atomic E-state index is 13.0. The average Bonchev–Trinajstić information content (AvgIpc) is 3.20. The van der Waals surface area contributed by atoms with Crippen molar-refractivity contribution in [2.45, 2.75) is 25.9 Å². The molecule has 8 heteroatoms. The zero-order valence-corrected chi connectivity index (χ0v) is 15.9. The van der Waals surface area contributed by atoms with Crippen molar-refractivity contribution in [1.82, 2.24) is 19.7 Å². The normalized spacial score (nSPS) is 16.3. The molecule has 0 saturated carbocycles. The van der Waals surface area contributed by atoms with E-state index in [1.807, 2.05) is 43.1 Å². The standard InChI is InChI=1S/C18H17ClN4O2S/c1-10-16(26-18(25)21-10)9-23-14(7-15-13(19)8-20-22(15)2)11-5-3-4-6-12(11)17(23)24/h3-6,8,14H,7,9H2,1-2H3,(H,21,25). The first kappa shape index (κ1) is 17.1. The van der Waals surface area contributed by atoms with Gasteiger partial charge in [0.25, 0.3) is 11.1 Å². The van der Waals surface area contributed by atoms with Crippen molar-refractivity contribution in [2.75, 3.05) is 0 Å². The minimum atomic E-state index is -0.143. The smallest absolute Gasteiger partial charge is 0.271 e. The Balaban J connectivity index is 1.73. The van der Waals surface area contributed by atoms with Gasteiger partial charge in [0.1, 0.15) is 0 Å². The van der Waals surface area contributed by atoms with Crippen LogP contribution in [0.1, 0.15) is 38.2 Å². The van der Waals surface area contributed by atoms with Crippen molar-refractivity contribution in [2.24, 2.45) is 7.05 Å². The second-order valence-electron chi connectivity index (χ2n) is 6.31. The lowest BCUT2D eigenvalue weighted by Gasteiger charge is -2.25. The largest absolute Gasteiger partial charge is 0.486 e. The van der Waals surface area contributed by atoms with E-state index in [-0.39, 0.29) is 17.1 Å². The van der Waals surface area contributed by atoms with Gasteiger partial charge in [-0.2, -0.15) is 5.10 Å². The number of rotatable bonds is 4. The molecule has 1 atom stereocenters. The average molecular weight is 389 g/mol. The molecule has 6 nitrogen and oxygen atoms in total. The number of thiazole rings is 1. The molecule has 3 heterocycles. The lowest BCUT2D eigenvalue weighted by atomic mass is 10.0. The highest BCUT2D eigenvalue weighted by Crippen LogP contribution is 2.39. The number of hydrogen-bond acceptors (Lipinski definition) is 5. The third kappa shape index (κ3) is 2.77. The fraction of sp³-hybridized carbons (Fsp3) is 0.278. The van der Waals surface area contributed by atoms with Crippen LogP contribution in [0.5, 0.6) is 5.19 Å². The maximum Gasteiger partial charge on any atom is 0.271 e. The Bertz CT molecular complexity index is 977. The van der Waals surface area contributed by atoms with Crippen molar-refractivity contribution in [3.63, 3.8) is 0 Å². The maximum atomic E-state index is 13.0. The molecule has 0 saturated heterocycles. The van der Waals surface area contributed by atoms with Gasteiger partial charge >= 0.3 is 0 Å². The van der Waals surface area contributed by atoms with E-state index in [1.54, 1.807) is 10.9 Å². The molecule has 0 spiro atoms. The highest BCUT2D eigenvalue weighted by molar-refractivity contribution is 7.13. The highest BCUT2D eigenvalue weighted by Gasteiger charge is 2.37. The van der Waals surface area contributed by atoms with Gasteiger partial charge in [-0.15, -0.1) is 0 Å². The third-order valence-electron chi connectivity index (χ3n) is 4.78. The number of aryl methyl sites for hydroxylation is 2. The van der Waals surface area contributed by atoms with Gasteiger partial charge in [0.05, 0.1) is 40.1 Å². The van der Waals surface area contributed by atoms with Gasteiger partial charge in [-0.3, -0.25) is 9.48 Å². The number of aromatic nitrogens is 3. The molecule has 134 valence electrons. The van der Waals surface area contributed by atoms with E-state index >= 15 is 0 Å². The van der Waals surface area contributed by atoms with E-state index in [1.165, 1.54) is 11.3 Å². The van der Waals surface area contributed by atoms with E-state index in [0.717, 1.165) is 21.8 Å². The first-order valence-electron chi connectivity index (χ1n) is 8.17. The van der Waals surface area contributed by atoms with E-state index in [0.29, 0.717) is 23.6 Å². The van der Waals surface area contributed by atoms with Crippen LogP contribution in [-0.2, 0) is 20.0 Å². The number of hydrogen-bond donors (Lipinski definition) is 1.